The molecule has 3 saturated heterocycles. The lowest BCUT2D eigenvalue weighted by Crippen LogP contribution is -2.69. The lowest BCUT2D eigenvalue weighted by molar-refractivity contribution is -1.12. The van der Waals surface area contributed by atoms with Crippen LogP contribution in [0.15, 0.2) is 11.2 Å². The van der Waals surface area contributed by atoms with Crippen molar-refractivity contribution < 1.29 is 14.6 Å². The van der Waals surface area contributed by atoms with Gasteiger partial charge in [-0.2, -0.15) is 4.65 Å². The highest BCUT2D eigenvalue weighted by atomic mass is 35.5. The van der Waals surface area contributed by atoms with E-state index in [9.17, 15) is 5.21 Å². The molecule has 0 amide bonds. The molecule has 0 unspecified atom stereocenters. The molecule has 1 atom stereocenters. The van der Waals surface area contributed by atoms with E-state index >= 15 is 0 Å². The van der Waals surface area contributed by atoms with Gasteiger partial charge in [0.05, 0.1) is 18.4 Å². The predicted molar refractivity (Wildman–Crippen MR) is 80.9 cm³/mol. The Morgan fingerprint density at radius 3 is 2.91 bits per heavy atom. The fraction of sp³-hybridized carbons (Fsp3) is 0.643. The van der Waals surface area contributed by atoms with Crippen molar-refractivity contribution in [1.82, 2.24) is 9.97 Å². The van der Waals surface area contributed by atoms with Gasteiger partial charge in [-0.15, -0.1) is 0 Å². The van der Waals surface area contributed by atoms with Gasteiger partial charge in [-0.05, 0) is 6.92 Å². The molecular formula is C14H19ClN5O2+. The van der Waals surface area contributed by atoms with Gasteiger partial charge in [-0.25, -0.2) is 15.2 Å². The Morgan fingerprint density at radius 1 is 1.45 bits per heavy atom. The zero-order valence-corrected chi connectivity index (χ0v) is 13.2. The summed E-state index contributed by atoms with van der Waals surface area (Å²) in [6, 6.07) is 0.439. The molecule has 7 nitrogen and oxygen atoms in total. The molecule has 0 aliphatic carbocycles. The monoisotopic (exact) mass is 324 g/mol. The summed E-state index contributed by atoms with van der Waals surface area (Å²) in [7, 11) is 0. The Labute approximate surface area is 133 Å². The number of aryl methyl sites for hydroxylation is 1. The number of rotatable bonds is 1. The van der Waals surface area contributed by atoms with E-state index in [1.807, 2.05) is 0 Å². The molecule has 118 valence electrons. The van der Waals surface area contributed by atoms with Gasteiger partial charge in [-0.1, -0.05) is 11.6 Å². The van der Waals surface area contributed by atoms with Crippen LogP contribution in [0.3, 0.4) is 0 Å². The van der Waals surface area contributed by atoms with Crippen LogP contribution in [0.2, 0.25) is 5.15 Å². The topological polar surface area (TPSA) is 79.6 Å². The van der Waals surface area contributed by atoms with Gasteiger partial charge in [0.2, 0.25) is 0 Å². The average Bonchev–Trinajstić information content (AvgIpc) is 2.85. The number of ether oxygens (including phenoxy) is 1. The Morgan fingerprint density at radius 2 is 2.23 bits per heavy atom. The number of nitrogens with zero attached hydrogens (tertiary/aromatic N) is 4. The van der Waals surface area contributed by atoms with E-state index in [1.54, 1.807) is 13.1 Å². The SMILES string of the molecule is Cc1ncc(NC2=NC[C@@]3(C[N+]4(O)CCC3CC4)O2)nc1Cl. The third-order valence-corrected chi connectivity index (χ3v) is 5.37. The molecule has 2 N–H and O–H groups in total. The van der Waals surface area contributed by atoms with E-state index in [2.05, 4.69) is 20.3 Å². The maximum absolute atomic E-state index is 10.5. The highest BCUT2D eigenvalue weighted by Gasteiger charge is 2.59. The molecule has 0 saturated carbocycles. The van der Waals surface area contributed by atoms with Crippen molar-refractivity contribution >= 4 is 23.4 Å². The number of halogens is 1. The molecule has 4 aliphatic rings. The third-order valence-electron chi connectivity index (χ3n) is 5.02. The molecular weight excluding hydrogens is 306 g/mol. The van der Waals surface area contributed by atoms with Gasteiger partial charge < -0.3 is 4.74 Å². The van der Waals surface area contributed by atoms with Crippen LogP contribution in [0.5, 0.6) is 0 Å². The minimum Gasteiger partial charge on any atom is -0.450 e. The molecule has 2 bridgehead atoms. The van der Waals surface area contributed by atoms with Gasteiger partial charge in [0.15, 0.2) is 23.1 Å². The number of piperidine rings is 3. The first-order valence-electron chi connectivity index (χ1n) is 7.57. The van der Waals surface area contributed by atoms with Crippen molar-refractivity contribution in [3.05, 3.63) is 17.0 Å². The normalized spacial score (nSPS) is 36.3. The minimum atomic E-state index is -0.379. The minimum absolute atomic E-state index is 0.107. The van der Waals surface area contributed by atoms with E-state index in [0.717, 1.165) is 25.9 Å². The van der Waals surface area contributed by atoms with Crippen LogP contribution in [0.4, 0.5) is 5.82 Å². The number of amidine groups is 1. The highest BCUT2D eigenvalue weighted by molar-refractivity contribution is 6.30. The first kappa shape index (κ1) is 14.2. The fourth-order valence-electron chi connectivity index (χ4n) is 3.78. The van der Waals surface area contributed by atoms with Gasteiger partial charge in [0.1, 0.15) is 13.1 Å². The smallest absolute Gasteiger partial charge is 0.291 e. The third kappa shape index (κ3) is 2.24. The maximum Gasteiger partial charge on any atom is 0.291 e. The molecule has 5 rings (SSSR count). The number of aromatic nitrogens is 2. The number of hydroxylamine groups is 3. The van der Waals surface area contributed by atoms with Crippen LogP contribution in [0.25, 0.3) is 0 Å². The van der Waals surface area contributed by atoms with Crippen molar-refractivity contribution in [2.45, 2.75) is 25.4 Å². The van der Waals surface area contributed by atoms with Gasteiger partial charge in [0.25, 0.3) is 6.02 Å². The second-order valence-corrected chi connectivity index (χ2v) is 6.88. The molecule has 0 aromatic carbocycles. The number of nitrogens with one attached hydrogen (secondary N) is 1. The molecule has 1 aromatic heterocycles. The lowest BCUT2D eigenvalue weighted by atomic mass is 9.75. The number of fused-ring (bicyclic) bond motifs is 2. The van der Waals surface area contributed by atoms with Gasteiger partial charge in [-0.3, -0.25) is 10.3 Å². The molecule has 8 heteroatoms. The standard InChI is InChI=1S/C14H19ClN5O2/c1-9-12(15)18-11(6-16-9)19-13-17-7-14(22-13)8-20(21)4-2-10(14)3-5-20/h6,10,21H,2-5,7-8H2,1H3,(H,17,18,19)/q+1/t10?,14-,20?/m0/s1. The number of quaternary nitrogens is 1. The van der Waals surface area contributed by atoms with Gasteiger partial charge >= 0.3 is 0 Å². The zero-order chi connectivity index (χ0) is 15.4. The van der Waals surface area contributed by atoms with Crippen LogP contribution in [-0.2, 0) is 4.74 Å². The molecule has 5 heterocycles. The van der Waals surface area contributed by atoms with E-state index in [-0.39, 0.29) is 10.2 Å². The summed E-state index contributed by atoms with van der Waals surface area (Å²) in [5.41, 5.74) is 0.303. The van der Waals surface area contributed by atoms with Crippen molar-refractivity contribution in [2.24, 2.45) is 10.9 Å². The van der Waals surface area contributed by atoms with Gasteiger partial charge in [0, 0.05) is 18.8 Å². The highest BCUT2D eigenvalue weighted by Crippen LogP contribution is 2.43. The Hall–Kier alpha value is -1.44. The Kier molecular flexibility index (Phi) is 3.08. The van der Waals surface area contributed by atoms with Crippen LogP contribution in [0, 0.1) is 12.8 Å². The van der Waals surface area contributed by atoms with E-state index in [0.29, 0.717) is 41.7 Å². The molecule has 1 spiro atoms. The maximum atomic E-state index is 10.5. The first-order chi connectivity index (χ1) is 10.5. The first-order valence-corrected chi connectivity index (χ1v) is 7.94. The molecule has 0 radical (unpaired) electrons. The summed E-state index contributed by atoms with van der Waals surface area (Å²) in [4.78, 5) is 12.8. The second-order valence-electron chi connectivity index (χ2n) is 6.52. The van der Waals surface area contributed by atoms with Crippen LogP contribution < -0.4 is 5.32 Å². The van der Waals surface area contributed by atoms with Crippen molar-refractivity contribution in [3.8, 4) is 0 Å². The number of aliphatic imine (C=N–C) groups is 1. The largest absolute Gasteiger partial charge is 0.450 e. The number of anilines is 1. The number of hydrogen-bond acceptors (Lipinski definition) is 6. The Balaban J connectivity index is 1.49. The Bertz CT molecular complexity index is 644. The van der Waals surface area contributed by atoms with Crippen molar-refractivity contribution in [3.63, 3.8) is 0 Å². The lowest BCUT2D eigenvalue weighted by Gasteiger charge is -2.51. The van der Waals surface area contributed by atoms with Crippen LogP contribution in [-0.4, -0.2) is 57.6 Å². The van der Waals surface area contributed by atoms with Crippen LogP contribution in [0.1, 0.15) is 18.5 Å². The second kappa shape index (κ2) is 4.78. The van der Waals surface area contributed by atoms with E-state index in [1.165, 1.54) is 0 Å². The average molecular weight is 325 g/mol. The molecule has 4 aliphatic heterocycles. The summed E-state index contributed by atoms with van der Waals surface area (Å²) < 4.78 is 6.22. The fourth-order valence-corrected chi connectivity index (χ4v) is 3.92. The number of hydrogen-bond donors (Lipinski definition) is 2. The van der Waals surface area contributed by atoms with E-state index in [4.69, 9.17) is 16.3 Å². The van der Waals surface area contributed by atoms with Crippen LogP contribution >= 0.6 is 11.6 Å². The predicted octanol–water partition coefficient (Wildman–Crippen LogP) is 1.60. The van der Waals surface area contributed by atoms with Crippen molar-refractivity contribution in [2.75, 3.05) is 31.5 Å². The molecule has 22 heavy (non-hydrogen) atoms. The summed E-state index contributed by atoms with van der Waals surface area (Å²) in [5.74, 6) is 0.968. The summed E-state index contributed by atoms with van der Waals surface area (Å²) in [6.07, 6.45) is 3.57. The molecule has 3 fully saturated rings. The quantitative estimate of drug-likeness (QED) is 0.767. The zero-order valence-electron chi connectivity index (χ0n) is 12.4. The summed E-state index contributed by atoms with van der Waals surface area (Å²) in [5, 5.41) is 13.9. The summed E-state index contributed by atoms with van der Waals surface area (Å²) in [6.45, 7) is 4.62. The molecule has 1 aromatic rings. The summed E-state index contributed by atoms with van der Waals surface area (Å²) >= 11 is 5.98. The van der Waals surface area contributed by atoms with Crippen molar-refractivity contribution in [1.29, 1.82) is 0 Å². The van der Waals surface area contributed by atoms with E-state index < -0.39 is 0 Å².